The minimum atomic E-state index is -0.186. The highest BCUT2D eigenvalue weighted by atomic mass is 16.5. The fraction of sp³-hybridized carbons (Fsp3) is 0.361. The van der Waals surface area contributed by atoms with Crippen LogP contribution in [-0.4, -0.2) is 27.6 Å². The fourth-order valence-corrected chi connectivity index (χ4v) is 5.42. The molecule has 41 heavy (non-hydrogen) atoms. The van der Waals surface area contributed by atoms with Crippen molar-refractivity contribution in [2.24, 2.45) is 0 Å². The van der Waals surface area contributed by atoms with Crippen molar-refractivity contribution < 1.29 is 9.53 Å². The molecule has 5 rings (SSSR count). The minimum Gasteiger partial charge on any atom is -0.466 e. The first-order valence-electron chi connectivity index (χ1n) is 14.6. The van der Waals surface area contributed by atoms with Crippen molar-refractivity contribution in [2.45, 2.75) is 78.7 Å². The van der Waals surface area contributed by atoms with E-state index < -0.39 is 0 Å². The van der Waals surface area contributed by atoms with Crippen LogP contribution in [0.3, 0.4) is 0 Å². The quantitative estimate of drug-likeness (QED) is 0.191. The molecule has 0 bridgehead atoms. The lowest BCUT2D eigenvalue weighted by Crippen LogP contribution is -2.10. The SMILES string of the molecule is CCOC(=O)CCCn1nc2c(-c3ccc(C(C)(C)C)cc3)c3ccccc3c(-c3ccc(C(C)(C)C)cc3)c2n1. The largest absolute Gasteiger partial charge is 0.466 e. The summed E-state index contributed by atoms with van der Waals surface area (Å²) in [5.74, 6) is -0.186. The van der Waals surface area contributed by atoms with E-state index in [0.717, 1.165) is 44.1 Å². The Morgan fingerprint density at radius 1 is 0.707 bits per heavy atom. The van der Waals surface area contributed by atoms with E-state index in [9.17, 15) is 4.79 Å². The van der Waals surface area contributed by atoms with Crippen molar-refractivity contribution in [3.05, 3.63) is 83.9 Å². The van der Waals surface area contributed by atoms with Gasteiger partial charge in [-0.25, -0.2) is 0 Å². The smallest absolute Gasteiger partial charge is 0.305 e. The highest BCUT2D eigenvalue weighted by Gasteiger charge is 2.22. The fourth-order valence-electron chi connectivity index (χ4n) is 5.42. The highest BCUT2D eigenvalue weighted by Crippen LogP contribution is 2.43. The molecule has 5 heteroatoms. The average molecular weight is 548 g/mol. The molecule has 0 fully saturated rings. The van der Waals surface area contributed by atoms with Crippen LogP contribution in [0.5, 0.6) is 0 Å². The van der Waals surface area contributed by atoms with Gasteiger partial charge in [0.2, 0.25) is 0 Å². The van der Waals surface area contributed by atoms with Crippen LogP contribution in [0, 0.1) is 0 Å². The number of aromatic nitrogens is 3. The number of ether oxygens (including phenoxy) is 1. The minimum absolute atomic E-state index is 0.0705. The van der Waals surface area contributed by atoms with Crippen molar-refractivity contribution in [1.82, 2.24) is 15.0 Å². The molecule has 0 unspecified atom stereocenters. The van der Waals surface area contributed by atoms with E-state index in [1.807, 2.05) is 6.92 Å². The summed E-state index contributed by atoms with van der Waals surface area (Å²) in [5, 5.41) is 12.4. The van der Waals surface area contributed by atoms with Gasteiger partial charge in [0.15, 0.2) is 0 Å². The van der Waals surface area contributed by atoms with E-state index in [4.69, 9.17) is 14.9 Å². The summed E-state index contributed by atoms with van der Waals surface area (Å²) in [7, 11) is 0. The Hall–Kier alpha value is -3.99. The van der Waals surface area contributed by atoms with Gasteiger partial charge >= 0.3 is 5.97 Å². The van der Waals surface area contributed by atoms with Gasteiger partial charge in [-0.05, 0) is 57.2 Å². The van der Waals surface area contributed by atoms with Crippen molar-refractivity contribution in [3.8, 4) is 22.3 Å². The molecule has 0 saturated heterocycles. The van der Waals surface area contributed by atoms with Crippen LogP contribution in [-0.2, 0) is 26.9 Å². The number of carbonyl (C=O) groups is 1. The molecule has 0 aliphatic heterocycles. The second-order valence-corrected chi connectivity index (χ2v) is 12.9. The molecule has 0 radical (unpaired) electrons. The molecule has 0 amide bonds. The van der Waals surface area contributed by atoms with Gasteiger partial charge in [-0.1, -0.05) is 114 Å². The zero-order chi connectivity index (χ0) is 29.4. The van der Waals surface area contributed by atoms with Crippen LogP contribution in [0.1, 0.15) is 72.4 Å². The molecule has 0 N–H and O–H groups in total. The molecular weight excluding hydrogens is 506 g/mol. The molecule has 0 aliphatic rings. The Kier molecular flexibility index (Phi) is 7.74. The molecule has 5 nitrogen and oxygen atoms in total. The Morgan fingerprint density at radius 3 is 1.54 bits per heavy atom. The van der Waals surface area contributed by atoms with E-state index >= 15 is 0 Å². The Balaban J connectivity index is 1.71. The van der Waals surface area contributed by atoms with Gasteiger partial charge in [-0.15, -0.1) is 0 Å². The summed E-state index contributed by atoms with van der Waals surface area (Å²) in [6.45, 7) is 16.2. The zero-order valence-electron chi connectivity index (χ0n) is 25.4. The van der Waals surface area contributed by atoms with Gasteiger partial charge in [-0.3, -0.25) is 4.79 Å². The van der Waals surface area contributed by atoms with E-state index in [2.05, 4.69) is 114 Å². The molecule has 1 heterocycles. The second-order valence-electron chi connectivity index (χ2n) is 12.9. The third kappa shape index (κ3) is 5.90. The van der Waals surface area contributed by atoms with Gasteiger partial charge in [-0.2, -0.15) is 15.0 Å². The number of hydrogen-bond acceptors (Lipinski definition) is 4. The lowest BCUT2D eigenvalue weighted by Gasteiger charge is -2.20. The van der Waals surface area contributed by atoms with E-state index in [1.165, 1.54) is 11.1 Å². The Morgan fingerprint density at radius 2 is 1.15 bits per heavy atom. The second kappa shape index (κ2) is 11.1. The van der Waals surface area contributed by atoms with Crippen LogP contribution in [0.15, 0.2) is 72.8 Å². The maximum Gasteiger partial charge on any atom is 0.305 e. The Bertz CT molecular complexity index is 1570. The van der Waals surface area contributed by atoms with Crippen LogP contribution >= 0.6 is 0 Å². The molecule has 1 aromatic heterocycles. The molecule has 0 saturated carbocycles. The third-order valence-electron chi connectivity index (χ3n) is 7.72. The van der Waals surface area contributed by atoms with Crippen LogP contribution in [0.25, 0.3) is 44.1 Å². The first-order chi connectivity index (χ1) is 19.5. The van der Waals surface area contributed by atoms with Gasteiger partial charge in [0.05, 0.1) is 13.2 Å². The summed E-state index contributed by atoms with van der Waals surface area (Å²) in [5.41, 5.74) is 8.88. The number of rotatable bonds is 7. The van der Waals surface area contributed by atoms with Gasteiger partial charge in [0.25, 0.3) is 0 Å². The van der Waals surface area contributed by atoms with Gasteiger partial charge < -0.3 is 4.74 Å². The molecule has 0 atom stereocenters. The van der Waals surface area contributed by atoms with Crippen molar-refractivity contribution in [1.29, 1.82) is 0 Å². The predicted molar refractivity (Wildman–Crippen MR) is 169 cm³/mol. The average Bonchev–Trinajstić information content (AvgIpc) is 3.34. The number of hydrogen-bond donors (Lipinski definition) is 0. The lowest BCUT2D eigenvalue weighted by molar-refractivity contribution is -0.143. The molecule has 5 aromatic rings. The topological polar surface area (TPSA) is 57.0 Å². The number of benzene rings is 4. The maximum absolute atomic E-state index is 12.0. The van der Waals surface area contributed by atoms with E-state index in [-0.39, 0.29) is 16.8 Å². The van der Waals surface area contributed by atoms with Gasteiger partial charge in [0, 0.05) is 17.5 Å². The van der Waals surface area contributed by atoms with Crippen LogP contribution < -0.4 is 0 Å². The molecule has 4 aromatic carbocycles. The number of aryl methyl sites for hydroxylation is 1. The first kappa shape index (κ1) is 28.5. The molecule has 0 spiro atoms. The zero-order valence-corrected chi connectivity index (χ0v) is 25.4. The van der Waals surface area contributed by atoms with Crippen LogP contribution in [0.4, 0.5) is 0 Å². The lowest BCUT2D eigenvalue weighted by atomic mass is 9.84. The summed E-state index contributed by atoms with van der Waals surface area (Å²) in [6.07, 6.45) is 0.959. The van der Waals surface area contributed by atoms with Crippen molar-refractivity contribution in [3.63, 3.8) is 0 Å². The maximum atomic E-state index is 12.0. The van der Waals surface area contributed by atoms with E-state index in [1.54, 1.807) is 4.80 Å². The monoisotopic (exact) mass is 547 g/mol. The first-order valence-corrected chi connectivity index (χ1v) is 14.6. The number of nitrogens with zero attached hydrogens (tertiary/aromatic N) is 3. The molecule has 0 aliphatic carbocycles. The third-order valence-corrected chi connectivity index (χ3v) is 7.72. The highest BCUT2D eigenvalue weighted by molar-refractivity contribution is 6.19. The van der Waals surface area contributed by atoms with Crippen LogP contribution in [0.2, 0.25) is 0 Å². The summed E-state index contributed by atoms with van der Waals surface area (Å²) >= 11 is 0. The van der Waals surface area contributed by atoms with Gasteiger partial charge in [0.1, 0.15) is 11.0 Å². The number of fused-ring (bicyclic) bond motifs is 2. The number of carbonyl (C=O) groups excluding carboxylic acids is 1. The van der Waals surface area contributed by atoms with Crippen molar-refractivity contribution in [2.75, 3.05) is 6.61 Å². The summed E-state index contributed by atoms with van der Waals surface area (Å²) in [4.78, 5) is 13.7. The van der Waals surface area contributed by atoms with Crippen molar-refractivity contribution >= 4 is 27.8 Å². The Labute approximate surface area is 243 Å². The molecular formula is C36H41N3O2. The standard InChI is InChI=1S/C36H41N3O2/c1-8-41-30(40)14-11-23-39-37-33-31(24-15-19-26(20-16-24)35(2,3)4)28-12-9-10-13-29(28)32(34(33)38-39)25-17-21-27(22-18-25)36(5,6)7/h9-10,12-13,15-22H,8,11,14,23H2,1-7H3. The number of esters is 1. The summed E-state index contributed by atoms with van der Waals surface area (Å²) in [6, 6.07) is 26.3. The predicted octanol–water partition coefficient (Wildman–Crippen LogP) is 8.86. The normalized spacial score (nSPS) is 12.3. The van der Waals surface area contributed by atoms with E-state index in [0.29, 0.717) is 26.0 Å². The molecule has 212 valence electrons. The summed E-state index contributed by atoms with van der Waals surface area (Å²) < 4.78 is 5.12.